The lowest BCUT2D eigenvalue weighted by molar-refractivity contribution is 0.0737. The van der Waals surface area contributed by atoms with E-state index in [1.807, 2.05) is 34.8 Å². The number of aromatic nitrogens is 2. The standard InChI is InChI=1S/C21H30N4O/c1-3-12-25(16-20-23-11-13-24(20)2)21(26)19-6-4-5-18(15-19)14-17-7-9-22-10-8-17/h4-6,11,13,15,17,22H,3,7-10,12,14,16H2,1-2H3. The molecular formula is C21H30N4O. The average Bonchev–Trinajstić information content (AvgIpc) is 3.06. The molecule has 0 unspecified atom stereocenters. The molecule has 1 fully saturated rings. The molecular weight excluding hydrogens is 324 g/mol. The zero-order valence-electron chi connectivity index (χ0n) is 15.9. The van der Waals surface area contributed by atoms with Gasteiger partial charge in [-0.25, -0.2) is 4.98 Å². The van der Waals surface area contributed by atoms with Crippen LogP contribution in [0.25, 0.3) is 0 Å². The smallest absolute Gasteiger partial charge is 0.254 e. The quantitative estimate of drug-likeness (QED) is 0.831. The van der Waals surface area contributed by atoms with Crippen molar-refractivity contribution < 1.29 is 4.79 Å². The Bertz CT molecular complexity index is 718. The Morgan fingerprint density at radius 3 is 2.85 bits per heavy atom. The van der Waals surface area contributed by atoms with Gasteiger partial charge in [-0.3, -0.25) is 4.79 Å². The first-order chi connectivity index (χ1) is 12.7. The Balaban J connectivity index is 1.71. The highest BCUT2D eigenvalue weighted by Crippen LogP contribution is 2.19. The normalized spacial score (nSPS) is 15.2. The lowest BCUT2D eigenvalue weighted by atomic mass is 9.90. The van der Waals surface area contributed by atoms with Gasteiger partial charge in [0.1, 0.15) is 5.82 Å². The largest absolute Gasteiger partial charge is 0.337 e. The van der Waals surface area contributed by atoms with Crippen molar-refractivity contribution in [2.75, 3.05) is 19.6 Å². The molecule has 5 nitrogen and oxygen atoms in total. The highest BCUT2D eigenvalue weighted by atomic mass is 16.2. The summed E-state index contributed by atoms with van der Waals surface area (Å²) in [6.45, 7) is 5.61. The number of hydrogen-bond acceptors (Lipinski definition) is 3. The Hall–Kier alpha value is -2.14. The SMILES string of the molecule is CCCN(Cc1nccn1C)C(=O)c1cccc(CC2CCNCC2)c1. The second-order valence-electron chi connectivity index (χ2n) is 7.28. The van der Waals surface area contributed by atoms with Gasteiger partial charge < -0.3 is 14.8 Å². The van der Waals surface area contributed by atoms with Gasteiger partial charge in [-0.15, -0.1) is 0 Å². The molecule has 1 amide bonds. The summed E-state index contributed by atoms with van der Waals surface area (Å²) in [5.74, 6) is 1.74. The predicted molar refractivity (Wildman–Crippen MR) is 104 cm³/mol. The summed E-state index contributed by atoms with van der Waals surface area (Å²) in [5, 5.41) is 3.42. The van der Waals surface area contributed by atoms with Crippen molar-refractivity contribution in [3.05, 3.63) is 53.6 Å². The summed E-state index contributed by atoms with van der Waals surface area (Å²) in [4.78, 5) is 19.4. The van der Waals surface area contributed by atoms with Gasteiger partial charge in [0.25, 0.3) is 5.91 Å². The first-order valence-corrected chi connectivity index (χ1v) is 9.72. The van der Waals surface area contributed by atoms with Crippen LogP contribution in [0, 0.1) is 5.92 Å². The number of carbonyl (C=O) groups is 1. The highest BCUT2D eigenvalue weighted by Gasteiger charge is 2.19. The number of amides is 1. The Morgan fingerprint density at radius 2 is 2.15 bits per heavy atom. The van der Waals surface area contributed by atoms with Gasteiger partial charge in [-0.2, -0.15) is 0 Å². The van der Waals surface area contributed by atoms with Crippen molar-refractivity contribution in [1.82, 2.24) is 19.8 Å². The van der Waals surface area contributed by atoms with E-state index in [0.29, 0.717) is 6.54 Å². The Labute approximate surface area is 156 Å². The Morgan fingerprint density at radius 1 is 1.35 bits per heavy atom. The van der Waals surface area contributed by atoms with Crippen LogP contribution >= 0.6 is 0 Å². The van der Waals surface area contributed by atoms with Gasteiger partial charge in [0, 0.05) is 31.5 Å². The van der Waals surface area contributed by atoms with Gasteiger partial charge in [0.2, 0.25) is 0 Å². The molecule has 1 saturated heterocycles. The molecule has 0 radical (unpaired) electrons. The minimum Gasteiger partial charge on any atom is -0.337 e. The molecule has 2 heterocycles. The highest BCUT2D eigenvalue weighted by molar-refractivity contribution is 5.94. The molecule has 26 heavy (non-hydrogen) atoms. The second kappa shape index (κ2) is 8.99. The van der Waals surface area contributed by atoms with Gasteiger partial charge in [0.05, 0.1) is 6.54 Å². The summed E-state index contributed by atoms with van der Waals surface area (Å²) < 4.78 is 1.98. The third-order valence-electron chi connectivity index (χ3n) is 5.19. The minimum atomic E-state index is 0.0991. The fourth-order valence-corrected chi connectivity index (χ4v) is 3.67. The number of carbonyl (C=O) groups excluding carboxylic acids is 1. The molecule has 0 saturated carbocycles. The molecule has 0 aliphatic carbocycles. The number of aryl methyl sites for hydroxylation is 1. The summed E-state index contributed by atoms with van der Waals surface area (Å²) in [6, 6.07) is 8.21. The van der Waals surface area contributed by atoms with Crippen LogP contribution in [0.5, 0.6) is 0 Å². The minimum absolute atomic E-state index is 0.0991. The number of imidazole rings is 1. The van der Waals surface area contributed by atoms with Crippen molar-refractivity contribution in [3.8, 4) is 0 Å². The molecule has 2 aromatic rings. The van der Waals surface area contributed by atoms with Crippen LogP contribution in [0.2, 0.25) is 0 Å². The van der Waals surface area contributed by atoms with Crippen LogP contribution in [0.4, 0.5) is 0 Å². The summed E-state index contributed by atoms with van der Waals surface area (Å²) in [5.41, 5.74) is 2.07. The topological polar surface area (TPSA) is 50.2 Å². The van der Waals surface area contributed by atoms with Crippen LogP contribution in [-0.2, 0) is 20.0 Å². The van der Waals surface area contributed by atoms with Gasteiger partial charge in [0.15, 0.2) is 0 Å². The van der Waals surface area contributed by atoms with Crippen molar-refractivity contribution in [2.45, 2.75) is 39.2 Å². The van der Waals surface area contributed by atoms with E-state index >= 15 is 0 Å². The maximum absolute atomic E-state index is 13.1. The van der Waals surface area contributed by atoms with E-state index in [2.05, 4.69) is 29.4 Å². The van der Waals surface area contributed by atoms with Crippen molar-refractivity contribution in [3.63, 3.8) is 0 Å². The fraction of sp³-hybridized carbons (Fsp3) is 0.524. The molecule has 1 aliphatic heterocycles. The molecule has 1 aliphatic rings. The second-order valence-corrected chi connectivity index (χ2v) is 7.28. The number of rotatable bonds is 7. The lowest BCUT2D eigenvalue weighted by Crippen LogP contribution is -2.32. The fourth-order valence-electron chi connectivity index (χ4n) is 3.67. The van der Waals surface area contributed by atoms with Crippen LogP contribution in [-0.4, -0.2) is 40.0 Å². The summed E-state index contributed by atoms with van der Waals surface area (Å²) in [6.07, 6.45) is 8.15. The summed E-state index contributed by atoms with van der Waals surface area (Å²) in [7, 11) is 1.97. The molecule has 5 heteroatoms. The number of piperidine rings is 1. The Kier molecular flexibility index (Phi) is 6.45. The van der Waals surface area contributed by atoms with Crippen LogP contribution in [0.15, 0.2) is 36.7 Å². The van der Waals surface area contributed by atoms with E-state index in [1.54, 1.807) is 6.20 Å². The van der Waals surface area contributed by atoms with E-state index < -0.39 is 0 Å². The molecule has 1 aromatic heterocycles. The third kappa shape index (κ3) is 4.73. The maximum atomic E-state index is 13.1. The third-order valence-corrected chi connectivity index (χ3v) is 5.19. The van der Waals surface area contributed by atoms with Gasteiger partial charge in [-0.1, -0.05) is 19.1 Å². The zero-order valence-corrected chi connectivity index (χ0v) is 15.9. The monoisotopic (exact) mass is 354 g/mol. The van der Waals surface area contributed by atoms with Crippen molar-refractivity contribution in [1.29, 1.82) is 0 Å². The molecule has 1 N–H and O–H groups in total. The zero-order chi connectivity index (χ0) is 18.4. The number of nitrogens with zero attached hydrogens (tertiary/aromatic N) is 3. The number of benzene rings is 1. The van der Waals surface area contributed by atoms with E-state index in [1.165, 1.54) is 18.4 Å². The lowest BCUT2D eigenvalue weighted by Gasteiger charge is -2.24. The first-order valence-electron chi connectivity index (χ1n) is 9.72. The molecule has 0 bridgehead atoms. The maximum Gasteiger partial charge on any atom is 0.254 e. The molecule has 0 spiro atoms. The van der Waals surface area contributed by atoms with Gasteiger partial charge >= 0.3 is 0 Å². The first kappa shape index (κ1) is 18.6. The van der Waals surface area contributed by atoms with E-state index in [0.717, 1.165) is 49.8 Å². The van der Waals surface area contributed by atoms with E-state index in [4.69, 9.17) is 0 Å². The van der Waals surface area contributed by atoms with E-state index in [-0.39, 0.29) is 5.91 Å². The number of hydrogen-bond donors (Lipinski definition) is 1. The van der Waals surface area contributed by atoms with Crippen LogP contribution in [0.3, 0.4) is 0 Å². The van der Waals surface area contributed by atoms with Gasteiger partial charge in [-0.05, 0) is 62.4 Å². The van der Waals surface area contributed by atoms with Crippen LogP contribution in [0.1, 0.15) is 47.9 Å². The van der Waals surface area contributed by atoms with E-state index in [9.17, 15) is 4.79 Å². The predicted octanol–water partition coefficient (Wildman–Crippen LogP) is 3.01. The van der Waals surface area contributed by atoms with Crippen molar-refractivity contribution in [2.24, 2.45) is 13.0 Å². The van der Waals surface area contributed by atoms with Crippen molar-refractivity contribution >= 4 is 5.91 Å². The summed E-state index contributed by atoms with van der Waals surface area (Å²) >= 11 is 0. The molecule has 3 rings (SSSR count). The van der Waals surface area contributed by atoms with Crippen LogP contribution < -0.4 is 5.32 Å². The molecule has 1 aromatic carbocycles. The number of nitrogens with one attached hydrogen (secondary N) is 1. The molecule has 0 atom stereocenters. The molecule has 140 valence electrons. The average molecular weight is 354 g/mol.